The van der Waals surface area contributed by atoms with Gasteiger partial charge in [-0.1, -0.05) is 12.1 Å². The molecule has 0 atom stereocenters. The Hall–Kier alpha value is -2.15. The molecule has 3 rings (SSSR count). The summed E-state index contributed by atoms with van der Waals surface area (Å²) in [6.45, 7) is 4.34. The molecule has 1 aliphatic heterocycles. The molecule has 0 fully saturated rings. The number of methoxy groups -OCH3 is 2. The van der Waals surface area contributed by atoms with Crippen LogP contribution < -0.4 is 28.7 Å². The predicted molar refractivity (Wildman–Crippen MR) is 104 cm³/mol. The third-order valence-corrected chi connectivity index (χ3v) is 5.00. The van der Waals surface area contributed by atoms with Crippen molar-refractivity contribution in [2.45, 2.75) is 19.3 Å². The zero-order valence-electron chi connectivity index (χ0n) is 16.2. The van der Waals surface area contributed by atoms with Crippen molar-refractivity contribution in [3.8, 4) is 5.75 Å². The molecule has 0 unspecified atom stereocenters. The van der Waals surface area contributed by atoms with Crippen LogP contribution in [0.2, 0.25) is 0 Å². The Kier molecular flexibility index (Phi) is 6.46. The van der Waals surface area contributed by atoms with Crippen molar-refractivity contribution in [1.82, 2.24) is 0 Å². The average Bonchev–Trinajstić information content (AvgIpc) is 2.85. The molecule has 0 N–H and O–H groups in total. The highest BCUT2D eigenvalue weighted by Gasteiger charge is 2.43. The van der Waals surface area contributed by atoms with Crippen molar-refractivity contribution in [1.29, 1.82) is 0 Å². The largest absolute Gasteiger partial charge is 1.00 e. The fourth-order valence-corrected chi connectivity index (χ4v) is 3.47. The number of hydrogen-bond acceptors (Lipinski definition) is 3. The summed E-state index contributed by atoms with van der Waals surface area (Å²) in [6, 6.07) is 13.7. The molecule has 1 aliphatic rings. The van der Waals surface area contributed by atoms with E-state index in [4.69, 9.17) is 9.47 Å². The molecule has 0 bridgehead atoms. The molecule has 0 amide bonds. The van der Waals surface area contributed by atoms with Crippen molar-refractivity contribution >= 4 is 23.4 Å². The monoisotopic (exact) mass is 477 g/mol. The van der Waals surface area contributed by atoms with E-state index in [0.29, 0.717) is 5.56 Å². The van der Waals surface area contributed by atoms with Gasteiger partial charge >= 0.3 is 5.97 Å². The molecule has 1 heterocycles. The first kappa shape index (κ1) is 21.2. The highest BCUT2D eigenvalue weighted by Crippen LogP contribution is 2.40. The SMILES string of the molecule is COC(=O)c1ccc2c(c1)C(C)(C)C(C=Cc1ccc(OC)cc1)=[N+]2C.[I-]. The van der Waals surface area contributed by atoms with Gasteiger partial charge < -0.3 is 33.5 Å². The number of esters is 1. The molecule has 0 saturated carbocycles. The summed E-state index contributed by atoms with van der Waals surface area (Å²) >= 11 is 0. The van der Waals surface area contributed by atoms with Gasteiger partial charge in [-0.3, -0.25) is 0 Å². The first-order valence-corrected chi connectivity index (χ1v) is 8.54. The van der Waals surface area contributed by atoms with Crippen LogP contribution in [0.1, 0.15) is 35.3 Å². The molecule has 27 heavy (non-hydrogen) atoms. The van der Waals surface area contributed by atoms with Crippen molar-refractivity contribution < 1.29 is 42.8 Å². The summed E-state index contributed by atoms with van der Waals surface area (Å²) in [5, 5.41) is 0. The molecule has 0 radical (unpaired) electrons. The molecular weight excluding hydrogens is 453 g/mol. The van der Waals surface area contributed by atoms with E-state index < -0.39 is 0 Å². The maximum Gasteiger partial charge on any atom is 0.337 e. The maximum absolute atomic E-state index is 11.9. The number of ether oxygens (including phenoxy) is 2. The first-order chi connectivity index (χ1) is 12.4. The Balaban J connectivity index is 0.00000261. The maximum atomic E-state index is 11.9. The lowest BCUT2D eigenvalue weighted by atomic mass is 9.80. The number of allylic oxidation sites excluding steroid dienone is 1. The molecule has 0 spiro atoms. The standard InChI is InChI=1S/C22H24NO3.HI/c1-22(2)18-14-16(21(24)26-5)9-12-19(18)23(3)20(22)13-8-15-6-10-17(25-4)11-7-15;/h6-14H,1-5H3;1H/q+1;/p-1. The number of carbonyl (C=O) groups excluding carboxylic acids is 1. The molecule has 2 aromatic carbocycles. The Morgan fingerprint density at radius 3 is 2.30 bits per heavy atom. The van der Waals surface area contributed by atoms with Crippen LogP contribution in [0.3, 0.4) is 0 Å². The minimum absolute atomic E-state index is 0. The van der Waals surface area contributed by atoms with E-state index in [9.17, 15) is 4.79 Å². The topological polar surface area (TPSA) is 38.5 Å². The minimum atomic E-state index is -0.312. The number of rotatable bonds is 4. The van der Waals surface area contributed by atoms with Gasteiger partial charge in [0.05, 0.1) is 25.2 Å². The van der Waals surface area contributed by atoms with Crippen molar-refractivity contribution in [2.75, 3.05) is 21.3 Å². The van der Waals surface area contributed by atoms with Gasteiger partial charge in [0.25, 0.3) is 0 Å². The van der Waals surface area contributed by atoms with Crippen LogP contribution in [0.5, 0.6) is 5.75 Å². The van der Waals surface area contributed by atoms with E-state index in [2.05, 4.69) is 37.6 Å². The second kappa shape index (κ2) is 8.25. The van der Waals surface area contributed by atoms with Gasteiger partial charge in [0.1, 0.15) is 12.8 Å². The van der Waals surface area contributed by atoms with E-state index in [1.807, 2.05) is 42.5 Å². The summed E-state index contributed by atoms with van der Waals surface area (Å²) in [6.07, 6.45) is 4.24. The van der Waals surface area contributed by atoms with E-state index in [-0.39, 0.29) is 35.4 Å². The van der Waals surface area contributed by atoms with Gasteiger partial charge in [-0.25, -0.2) is 4.79 Å². The van der Waals surface area contributed by atoms with Crippen LogP contribution >= 0.6 is 0 Å². The van der Waals surface area contributed by atoms with Crippen LogP contribution in [-0.2, 0) is 10.2 Å². The fraction of sp³-hybridized carbons (Fsp3) is 0.273. The Labute approximate surface area is 177 Å². The van der Waals surface area contributed by atoms with Crippen LogP contribution in [0, 0.1) is 0 Å². The summed E-state index contributed by atoms with van der Waals surface area (Å²) in [5.74, 6) is 0.532. The fourth-order valence-electron chi connectivity index (χ4n) is 3.47. The van der Waals surface area contributed by atoms with Crippen molar-refractivity contribution in [3.63, 3.8) is 0 Å². The molecule has 142 valence electrons. The lowest BCUT2D eigenvalue weighted by Gasteiger charge is -2.16. The Morgan fingerprint density at radius 1 is 1.04 bits per heavy atom. The molecule has 5 heteroatoms. The van der Waals surface area contributed by atoms with Gasteiger partial charge in [-0.15, -0.1) is 0 Å². The lowest BCUT2D eigenvalue weighted by molar-refractivity contribution is -0.401. The third-order valence-electron chi connectivity index (χ3n) is 5.00. The summed E-state index contributed by atoms with van der Waals surface area (Å²) < 4.78 is 12.2. The quantitative estimate of drug-likeness (QED) is 0.378. The number of fused-ring (bicyclic) bond motifs is 1. The summed E-state index contributed by atoms with van der Waals surface area (Å²) in [5.41, 5.74) is 4.87. The summed E-state index contributed by atoms with van der Waals surface area (Å²) in [7, 11) is 5.12. The van der Waals surface area contributed by atoms with Crippen molar-refractivity contribution in [2.24, 2.45) is 0 Å². The highest BCUT2D eigenvalue weighted by atomic mass is 127. The molecule has 4 nitrogen and oxygen atoms in total. The average molecular weight is 477 g/mol. The van der Waals surface area contributed by atoms with Gasteiger partial charge in [0.2, 0.25) is 5.69 Å². The molecule has 0 aliphatic carbocycles. The normalized spacial score (nSPS) is 14.7. The lowest BCUT2D eigenvalue weighted by Crippen LogP contribution is -3.00. The Bertz CT molecular complexity index is 912. The molecule has 2 aromatic rings. The Morgan fingerprint density at radius 2 is 1.70 bits per heavy atom. The summed E-state index contributed by atoms with van der Waals surface area (Å²) in [4.78, 5) is 11.9. The van der Waals surface area contributed by atoms with E-state index in [1.165, 1.54) is 12.8 Å². The number of halogens is 1. The zero-order chi connectivity index (χ0) is 18.9. The van der Waals surface area contributed by atoms with Gasteiger partial charge in [0, 0.05) is 17.7 Å². The van der Waals surface area contributed by atoms with E-state index >= 15 is 0 Å². The van der Waals surface area contributed by atoms with Gasteiger partial charge in [-0.2, -0.15) is 4.58 Å². The predicted octanol–water partition coefficient (Wildman–Crippen LogP) is 1.21. The number of nitrogens with zero attached hydrogens (tertiary/aromatic N) is 1. The molecule has 0 saturated heterocycles. The number of hydrogen-bond donors (Lipinski definition) is 0. The van der Waals surface area contributed by atoms with Gasteiger partial charge in [-0.05, 0) is 49.8 Å². The number of benzene rings is 2. The zero-order valence-corrected chi connectivity index (χ0v) is 18.4. The molecule has 0 aromatic heterocycles. The molecular formula is C22H24INO3. The van der Waals surface area contributed by atoms with E-state index in [1.54, 1.807) is 7.11 Å². The first-order valence-electron chi connectivity index (χ1n) is 8.54. The van der Waals surface area contributed by atoms with Crippen molar-refractivity contribution in [3.05, 3.63) is 65.2 Å². The minimum Gasteiger partial charge on any atom is -1.00 e. The second-order valence-corrected chi connectivity index (χ2v) is 6.90. The van der Waals surface area contributed by atoms with Gasteiger partial charge in [0.15, 0.2) is 5.71 Å². The van der Waals surface area contributed by atoms with Crippen LogP contribution in [0.15, 0.2) is 48.5 Å². The van der Waals surface area contributed by atoms with Crippen LogP contribution in [0.25, 0.3) is 6.08 Å². The number of carbonyl (C=O) groups is 1. The second-order valence-electron chi connectivity index (χ2n) is 6.90. The highest BCUT2D eigenvalue weighted by molar-refractivity contribution is 6.05. The smallest absolute Gasteiger partial charge is 0.337 e. The van der Waals surface area contributed by atoms with E-state index in [0.717, 1.165) is 22.6 Å². The van der Waals surface area contributed by atoms with Crippen LogP contribution in [-0.4, -0.2) is 37.5 Å². The third kappa shape index (κ3) is 3.93. The van der Waals surface area contributed by atoms with Crippen LogP contribution in [0.4, 0.5) is 5.69 Å².